The molecule has 0 saturated carbocycles. The molecule has 2 aromatic rings. The van der Waals surface area contributed by atoms with Crippen molar-refractivity contribution in [3.05, 3.63) is 30.1 Å². The van der Waals surface area contributed by atoms with Gasteiger partial charge in [0.1, 0.15) is 11.4 Å². The quantitative estimate of drug-likeness (QED) is 0.797. The molecule has 0 spiro atoms. The first-order valence-corrected chi connectivity index (χ1v) is 6.49. The van der Waals surface area contributed by atoms with Crippen LogP contribution in [0.4, 0.5) is 0 Å². The molecule has 4 nitrogen and oxygen atoms in total. The Morgan fingerprint density at radius 2 is 2.00 bits per heavy atom. The van der Waals surface area contributed by atoms with Crippen molar-refractivity contribution in [2.24, 2.45) is 7.05 Å². The molecule has 0 atom stereocenters. The van der Waals surface area contributed by atoms with Crippen LogP contribution in [0.1, 0.15) is 33.0 Å². The van der Waals surface area contributed by atoms with Crippen LogP contribution < -0.4 is 0 Å². The molecule has 0 saturated heterocycles. The summed E-state index contributed by atoms with van der Waals surface area (Å²) in [5.41, 5.74) is 1.62. The summed E-state index contributed by atoms with van der Waals surface area (Å²) in [6, 6.07) is 7.96. The average Bonchev–Trinajstić information content (AvgIpc) is 2.62. The van der Waals surface area contributed by atoms with Gasteiger partial charge in [-0.1, -0.05) is 12.1 Å². The first kappa shape index (κ1) is 13.6. The van der Waals surface area contributed by atoms with Crippen LogP contribution in [0.25, 0.3) is 11.0 Å². The molecular weight excluding hydrogens is 240 g/mol. The van der Waals surface area contributed by atoms with Crippen LogP contribution in [0.5, 0.6) is 0 Å². The van der Waals surface area contributed by atoms with Gasteiger partial charge in [-0.2, -0.15) is 0 Å². The molecule has 1 heterocycles. The maximum Gasteiger partial charge on any atom is 0.306 e. The van der Waals surface area contributed by atoms with E-state index in [4.69, 9.17) is 4.74 Å². The van der Waals surface area contributed by atoms with Crippen LogP contribution >= 0.6 is 0 Å². The van der Waals surface area contributed by atoms with Crippen molar-refractivity contribution < 1.29 is 9.53 Å². The van der Waals surface area contributed by atoms with E-state index < -0.39 is 5.60 Å². The third kappa shape index (κ3) is 3.34. The molecule has 0 bridgehead atoms. The summed E-state index contributed by atoms with van der Waals surface area (Å²) in [5, 5.41) is 0. The van der Waals surface area contributed by atoms with Gasteiger partial charge in [-0.15, -0.1) is 0 Å². The summed E-state index contributed by atoms with van der Waals surface area (Å²) >= 11 is 0. The van der Waals surface area contributed by atoms with Gasteiger partial charge in [-0.3, -0.25) is 4.79 Å². The van der Waals surface area contributed by atoms with Crippen molar-refractivity contribution in [2.75, 3.05) is 0 Å². The average molecular weight is 260 g/mol. The first-order valence-electron chi connectivity index (χ1n) is 6.49. The van der Waals surface area contributed by atoms with E-state index in [1.807, 2.05) is 56.7 Å². The van der Waals surface area contributed by atoms with Gasteiger partial charge in [0.25, 0.3) is 0 Å². The number of aromatic nitrogens is 2. The van der Waals surface area contributed by atoms with Gasteiger partial charge in [0.15, 0.2) is 0 Å². The maximum absolute atomic E-state index is 11.7. The van der Waals surface area contributed by atoms with Crippen LogP contribution in [0.3, 0.4) is 0 Å². The molecule has 2 rings (SSSR count). The molecular formula is C15H20N2O2. The molecule has 0 unspecified atom stereocenters. The van der Waals surface area contributed by atoms with Gasteiger partial charge in [0.2, 0.25) is 0 Å². The molecule has 1 aromatic carbocycles. The summed E-state index contributed by atoms with van der Waals surface area (Å²) in [6.07, 6.45) is 0.953. The number of hydrogen-bond donors (Lipinski definition) is 0. The normalized spacial score (nSPS) is 11.8. The zero-order chi connectivity index (χ0) is 14.0. The van der Waals surface area contributed by atoms with Crippen molar-refractivity contribution in [1.29, 1.82) is 0 Å². The molecule has 102 valence electrons. The van der Waals surface area contributed by atoms with Gasteiger partial charge >= 0.3 is 5.97 Å². The summed E-state index contributed by atoms with van der Waals surface area (Å²) in [4.78, 5) is 16.2. The first-order chi connectivity index (χ1) is 8.87. The summed E-state index contributed by atoms with van der Waals surface area (Å²) < 4.78 is 7.32. The SMILES string of the molecule is Cn1c(CCC(=O)OC(C)(C)C)nc2ccccc21. The van der Waals surface area contributed by atoms with Crippen molar-refractivity contribution in [1.82, 2.24) is 9.55 Å². The van der Waals surface area contributed by atoms with E-state index in [2.05, 4.69) is 4.98 Å². The zero-order valence-electron chi connectivity index (χ0n) is 11.9. The Morgan fingerprint density at radius 3 is 2.63 bits per heavy atom. The minimum atomic E-state index is -0.427. The van der Waals surface area contributed by atoms with E-state index in [1.54, 1.807) is 0 Å². The molecule has 4 heteroatoms. The van der Waals surface area contributed by atoms with Gasteiger partial charge in [0, 0.05) is 13.5 Å². The smallest absolute Gasteiger partial charge is 0.306 e. The number of carbonyl (C=O) groups excluding carboxylic acids is 1. The lowest BCUT2D eigenvalue weighted by molar-refractivity contribution is -0.154. The lowest BCUT2D eigenvalue weighted by Crippen LogP contribution is -2.24. The second-order valence-corrected chi connectivity index (χ2v) is 5.66. The number of esters is 1. The number of carbonyl (C=O) groups is 1. The van der Waals surface area contributed by atoms with Crippen LogP contribution in [0, 0.1) is 0 Å². The summed E-state index contributed by atoms with van der Waals surface area (Å²) in [6.45, 7) is 5.62. The molecule has 0 aliphatic rings. The fourth-order valence-corrected chi connectivity index (χ4v) is 2.03. The minimum absolute atomic E-state index is 0.181. The Morgan fingerprint density at radius 1 is 1.32 bits per heavy atom. The zero-order valence-corrected chi connectivity index (χ0v) is 11.9. The summed E-state index contributed by atoms with van der Waals surface area (Å²) in [5.74, 6) is 0.728. The lowest BCUT2D eigenvalue weighted by atomic mass is 10.2. The molecule has 1 aromatic heterocycles. The molecule has 0 aliphatic heterocycles. The van der Waals surface area contributed by atoms with Crippen LogP contribution in [-0.2, 0) is 23.0 Å². The topological polar surface area (TPSA) is 44.1 Å². The molecule has 19 heavy (non-hydrogen) atoms. The number of nitrogens with zero attached hydrogens (tertiary/aromatic N) is 2. The number of para-hydroxylation sites is 2. The second kappa shape index (κ2) is 5.03. The highest BCUT2D eigenvalue weighted by molar-refractivity contribution is 5.76. The number of benzene rings is 1. The fourth-order valence-electron chi connectivity index (χ4n) is 2.03. The number of aryl methyl sites for hydroxylation is 2. The monoisotopic (exact) mass is 260 g/mol. The van der Waals surface area contributed by atoms with Gasteiger partial charge < -0.3 is 9.30 Å². The van der Waals surface area contributed by atoms with E-state index in [0.29, 0.717) is 12.8 Å². The Bertz CT molecular complexity index is 594. The highest BCUT2D eigenvalue weighted by atomic mass is 16.6. The largest absolute Gasteiger partial charge is 0.460 e. The van der Waals surface area contributed by atoms with E-state index in [9.17, 15) is 4.79 Å². The second-order valence-electron chi connectivity index (χ2n) is 5.66. The minimum Gasteiger partial charge on any atom is -0.460 e. The molecule has 0 fully saturated rings. The molecule has 0 N–H and O–H groups in total. The Hall–Kier alpha value is -1.84. The molecule has 0 amide bonds. The predicted molar refractivity (Wildman–Crippen MR) is 74.9 cm³/mol. The number of fused-ring (bicyclic) bond motifs is 1. The third-order valence-corrected chi connectivity index (χ3v) is 2.85. The highest BCUT2D eigenvalue weighted by Gasteiger charge is 2.17. The van der Waals surface area contributed by atoms with Crippen LogP contribution in [-0.4, -0.2) is 21.1 Å². The van der Waals surface area contributed by atoms with E-state index in [-0.39, 0.29) is 5.97 Å². The number of ether oxygens (including phenoxy) is 1. The standard InChI is InChI=1S/C15H20N2O2/c1-15(2,3)19-14(18)10-9-13-16-11-7-5-6-8-12(11)17(13)4/h5-8H,9-10H2,1-4H3. The van der Waals surface area contributed by atoms with Crippen LogP contribution in [0.15, 0.2) is 24.3 Å². The third-order valence-electron chi connectivity index (χ3n) is 2.85. The number of hydrogen-bond acceptors (Lipinski definition) is 3. The van der Waals surface area contributed by atoms with Crippen molar-refractivity contribution >= 4 is 17.0 Å². The Balaban J connectivity index is 2.06. The van der Waals surface area contributed by atoms with Crippen molar-refractivity contribution in [2.45, 2.75) is 39.2 Å². The molecule has 0 radical (unpaired) electrons. The van der Waals surface area contributed by atoms with Gasteiger partial charge in [-0.05, 0) is 32.9 Å². The Kier molecular flexibility index (Phi) is 3.60. The highest BCUT2D eigenvalue weighted by Crippen LogP contribution is 2.16. The van der Waals surface area contributed by atoms with E-state index in [1.165, 1.54) is 0 Å². The van der Waals surface area contributed by atoms with Crippen molar-refractivity contribution in [3.8, 4) is 0 Å². The van der Waals surface area contributed by atoms with E-state index in [0.717, 1.165) is 16.9 Å². The Labute approximate surface area is 113 Å². The predicted octanol–water partition coefficient (Wildman–Crippen LogP) is 2.85. The van der Waals surface area contributed by atoms with Gasteiger partial charge in [-0.25, -0.2) is 4.98 Å². The van der Waals surface area contributed by atoms with Crippen LogP contribution in [0.2, 0.25) is 0 Å². The summed E-state index contributed by atoms with van der Waals surface area (Å²) in [7, 11) is 1.97. The molecule has 0 aliphatic carbocycles. The number of imidazole rings is 1. The van der Waals surface area contributed by atoms with E-state index >= 15 is 0 Å². The van der Waals surface area contributed by atoms with Gasteiger partial charge in [0.05, 0.1) is 17.5 Å². The van der Waals surface area contributed by atoms with Crippen molar-refractivity contribution in [3.63, 3.8) is 0 Å². The fraction of sp³-hybridized carbons (Fsp3) is 0.467. The lowest BCUT2D eigenvalue weighted by Gasteiger charge is -2.19. The maximum atomic E-state index is 11.7. The number of rotatable bonds is 3.